The molecule has 1 aromatic heterocycles. The Morgan fingerprint density at radius 2 is 2.11 bits per heavy atom. The fourth-order valence-corrected chi connectivity index (χ4v) is 2.97. The quantitative estimate of drug-likeness (QED) is 0.631. The van der Waals surface area contributed by atoms with Gasteiger partial charge in [0.05, 0.1) is 18.7 Å². The lowest BCUT2D eigenvalue weighted by Gasteiger charge is -2.38. The number of amides is 2. The van der Waals surface area contributed by atoms with Gasteiger partial charge in [-0.15, -0.1) is 0 Å². The second kappa shape index (κ2) is 8.01. The topological polar surface area (TPSA) is 90.5 Å². The van der Waals surface area contributed by atoms with Crippen LogP contribution in [0.25, 0.3) is 0 Å². The Hall–Kier alpha value is -3.53. The molecule has 2 heterocycles. The van der Waals surface area contributed by atoms with Crippen LogP contribution >= 0.6 is 0 Å². The Morgan fingerprint density at radius 1 is 1.36 bits per heavy atom. The first-order valence-electron chi connectivity index (χ1n) is 8.95. The van der Waals surface area contributed by atoms with Gasteiger partial charge in [-0.05, 0) is 42.2 Å². The highest BCUT2D eigenvalue weighted by atomic mass is 16.5. The molecule has 0 unspecified atom stereocenters. The van der Waals surface area contributed by atoms with E-state index in [9.17, 15) is 9.59 Å². The third kappa shape index (κ3) is 3.91. The van der Waals surface area contributed by atoms with Crippen LogP contribution in [-0.4, -0.2) is 46.7 Å². The number of aromatic nitrogens is 2. The standard InChI is InChI=1S/C21H22N4O3/c1-4-14-8-15(10-17(9-14)28-3)6-7-19-18(21(22)27)13-25(23-19)16-11-24(12-16)20(26)5-2/h5,8-10,13,16H,2,4,11-12H2,1,3H3,(H2,22,27). The number of aryl methyl sites for hydroxylation is 1. The van der Waals surface area contributed by atoms with Crippen LogP contribution in [0.2, 0.25) is 0 Å². The van der Waals surface area contributed by atoms with Crippen LogP contribution in [0.1, 0.15) is 40.1 Å². The summed E-state index contributed by atoms with van der Waals surface area (Å²) in [5.41, 5.74) is 7.95. The van der Waals surface area contributed by atoms with Crippen LogP contribution in [0.5, 0.6) is 5.75 Å². The maximum absolute atomic E-state index is 11.8. The smallest absolute Gasteiger partial charge is 0.253 e. The number of benzene rings is 1. The number of hydrogen-bond acceptors (Lipinski definition) is 4. The number of hydrogen-bond donors (Lipinski definition) is 1. The van der Waals surface area contributed by atoms with Gasteiger partial charge in [-0.1, -0.05) is 19.4 Å². The highest BCUT2D eigenvalue weighted by Gasteiger charge is 2.32. The van der Waals surface area contributed by atoms with Crippen LogP contribution < -0.4 is 10.5 Å². The van der Waals surface area contributed by atoms with Gasteiger partial charge in [-0.2, -0.15) is 5.10 Å². The van der Waals surface area contributed by atoms with Crippen LogP contribution in [-0.2, 0) is 11.2 Å². The van der Waals surface area contributed by atoms with Gasteiger partial charge in [0.15, 0.2) is 0 Å². The molecule has 0 spiro atoms. The fraction of sp³-hybridized carbons (Fsp3) is 0.286. The van der Waals surface area contributed by atoms with Crippen molar-refractivity contribution >= 4 is 11.8 Å². The SMILES string of the molecule is C=CC(=O)N1CC(n2cc(C(N)=O)c(C#Cc3cc(CC)cc(OC)c3)n2)C1. The van der Waals surface area contributed by atoms with Crippen molar-refractivity contribution in [3.8, 4) is 17.6 Å². The molecule has 0 atom stereocenters. The van der Waals surface area contributed by atoms with E-state index in [4.69, 9.17) is 10.5 Å². The Kier molecular flexibility index (Phi) is 5.50. The van der Waals surface area contributed by atoms with Crippen molar-refractivity contribution in [3.05, 3.63) is 59.4 Å². The van der Waals surface area contributed by atoms with Gasteiger partial charge >= 0.3 is 0 Å². The van der Waals surface area contributed by atoms with E-state index in [2.05, 4.69) is 30.4 Å². The number of carbonyl (C=O) groups is 2. The largest absolute Gasteiger partial charge is 0.497 e. The average molecular weight is 378 g/mol. The third-order valence-corrected chi connectivity index (χ3v) is 4.66. The van der Waals surface area contributed by atoms with Crippen molar-refractivity contribution in [3.63, 3.8) is 0 Å². The van der Waals surface area contributed by atoms with Gasteiger partial charge in [0.1, 0.15) is 11.4 Å². The number of nitrogens with two attached hydrogens (primary N) is 1. The lowest BCUT2D eigenvalue weighted by Crippen LogP contribution is -2.50. The van der Waals surface area contributed by atoms with Crippen LogP contribution in [0.4, 0.5) is 0 Å². The third-order valence-electron chi connectivity index (χ3n) is 4.66. The molecule has 1 aliphatic heterocycles. The fourth-order valence-electron chi connectivity index (χ4n) is 2.97. The molecule has 0 radical (unpaired) electrons. The van der Waals surface area contributed by atoms with E-state index in [0.29, 0.717) is 18.8 Å². The molecule has 144 valence electrons. The first-order chi connectivity index (χ1) is 13.4. The van der Waals surface area contributed by atoms with Crippen molar-refractivity contribution < 1.29 is 14.3 Å². The Labute approximate surface area is 163 Å². The molecule has 2 amide bonds. The zero-order chi connectivity index (χ0) is 20.3. The number of methoxy groups -OCH3 is 1. The maximum atomic E-state index is 11.8. The molecule has 0 saturated carbocycles. The number of nitrogens with zero attached hydrogens (tertiary/aromatic N) is 3. The summed E-state index contributed by atoms with van der Waals surface area (Å²) in [6, 6.07) is 5.75. The second-order valence-corrected chi connectivity index (χ2v) is 6.51. The van der Waals surface area contributed by atoms with Crippen molar-refractivity contribution in [2.75, 3.05) is 20.2 Å². The first kappa shape index (κ1) is 19.2. The summed E-state index contributed by atoms with van der Waals surface area (Å²) in [5.74, 6) is 6.00. The lowest BCUT2D eigenvalue weighted by molar-refractivity contribution is -0.131. The van der Waals surface area contributed by atoms with Gasteiger partial charge in [-0.25, -0.2) is 0 Å². The Balaban J connectivity index is 1.87. The Bertz CT molecular complexity index is 969. The summed E-state index contributed by atoms with van der Waals surface area (Å²) in [5, 5.41) is 4.42. The average Bonchev–Trinajstić information content (AvgIpc) is 3.08. The van der Waals surface area contributed by atoms with Gasteiger partial charge < -0.3 is 15.4 Å². The van der Waals surface area contributed by atoms with Crippen molar-refractivity contribution in [2.24, 2.45) is 5.73 Å². The first-order valence-corrected chi connectivity index (χ1v) is 8.95. The molecule has 3 rings (SSSR count). The van der Waals surface area contributed by atoms with E-state index in [1.54, 1.807) is 22.9 Å². The van der Waals surface area contributed by atoms with Crippen LogP contribution in [0.15, 0.2) is 37.1 Å². The Morgan fingerprint density at radius 3 is 2.71 bits per heavy atom. The molecule has 1 fully saturated rings. The summed E-state index contributed by atoms with van der Waals surface area (Å²) in [4.78, 5) is 25.0. The minimum absolute atomic E-state index is 0.0129. The summed E-state index contributed by atoms with van der Waals surface area (Å²) in [7, 11) is 1.61. The number of rotatable bonds is 5. The number of ether oxygens (including phenoxy) is 1. The predicted octanol–water partition coefficient (Wildman–Crippen LogP) is 1.52. The molecule has 7 nitrogen and oxygen atoms in total. The molecular formula is C21H22N4O3. The van der Waals surface area contributed by atoms with E-state index in [1.807, 2.05) is 18.2 Å². The van der Waals surface area contributed by atoms with Crippen molar-refractivity contribution in [1.82, 2.24) is 14.7 Å². The van der Waals surface area contributed by atoms with Crippen LogP contribution in [0, 0.1) is 11.8 Å². The zero-order valence-corrected chi connectivity index (χ0v) is 15.9. The zero-order valence-electron chi connectivity index (χ0n) is 15.9. The molecule has 0 bridgehead atoms. The maximum Gasteiger partial charge on any atom is 0.253 e. The van der Waals surface area contributed by atoms with Crippen molar-refractivity contribution in [2.45, 2.75) is 19.4 Å². The summed E-state index contributed by atoms with van der Waals surface area (Å²) in [6.45, 7) is 6.55. The van der Waals surface area contributed by atoms with Crippen molar-refractivity contribution in [1.29, 1.82) is 0 Å². The summed E-state index contributed by atoms with van der Waals surface area (Å²) >= 11 is 0. The van der Waals surface area contributed by atoms with E-state index >= 15 is 0 Å². The molecule has 28 heavy (non-hydrogen) atoms. The predicted molar refractivity (Wildman–Crippen MR) is 105 cm³/mol. The number of likely N-dealkylation sites (tertiary alicyclic amines) is 1. The molecule has 1 aromatic carbocycles. The van der Waals surface area contributed by atoms with Gasteiger partial charge in [0, 0.05) is 24.8 Å². The van der Waals surface area contributed by atoms with E-state index in [-0.39, 0.29) is 17.5 Å². The van der Waals surface area contributed by atoms with Gasteiger partial charge in [-0.3, -0.25) is 14.3 Å². The van der Waals surface area contributed by atoms with Gasteiger partial charge in [0.2, 0.25) is 5.91 Å². The molecule has 1 aliphatic rings. The van der Waals surface area contributed by atoms with E-state index in [0.717, 1.165) is 23.3 Å². The van der Waals surface area contributed by atoms with Gasteiger partial charge in [0.25, 0.3) is 5.91 Å². The molecule has 1 saturated heterocycles. The molecule has 7 heteroatoms. The normalized spacial score (nSPS) is 13.3. The second-order valence-electron chi connectivity index (χ2n) is 6.51. The number of carbonyl (C=O) groups excluding carboxylic acids is 2. The monoisotopic (exact) mass is 378 g/mol. The van der Waals surface area contributed by atoms with Crippen LogP contribution in [0.3, 0.4) is 0 Å². The molecule has 2 N–H and O–H groups in total. The molecule has 2 aromatic rings. The molecular weight excluding hydrogens is 356 g/mol. The molecule has 0 aliphatic carbocycles. The minimum Gasteiger partial charge on any atom is -0.497 e. The van der Waals surface area contributed by atoms with E-state index in [1.165, 1.54) is 6.08 Å². The summed E-state index contributed by atoms with van der Waals surface area (Å²) < 4.78 is 6.96. The summed E-state index contributed by atoms with van der Waals surface area (Å²) in [6.07, 6.45) is 3.73. The highest BCUT2D eigenvalue weighted by Crippen LogP contribution is 2.22. The highest BCUT2D eigenvalue weighted by molar-refractivity contribution is 5.94. The number of primary amides is 1. The lowest BCUT2D eigenvalue weighted by atomic mass is 10.1. The minimum atomic E-state index is -0.589. The van der Waals surface area contributed by atoms with E-state index < -0.39 is 5.91 Å².